The number of aliphatic carboxylic acids is 1. The third-order valence-corrected chi connectivity index (χ3v) is 3.32. The normalized spacial score (nSPS) is 24.8. The maximum Gasteiger partial charge on any atom is 0.308 e. The van der Waals surface area contributed by atoms with Gasteiger partial charge in [-0.05, 0) is 12.0 Å². The molecule has 17 heavy (non-hydrogen) atoms. The summed E-state index contributed by atoms with van der Waals surface area (Å²) in [6, 6.07) is 8.99. The number of hydrogen-bond acceptors (Lipinski definition) is 2. The van der Waals surface area contributed by atoms with Crippen LogP contribution in [0, 0.1) is 5.92 Å². The van der Waals surface area contributed by atoms with Gasteiger partial charge in [-0.1, -0.05) is 30.3 Å². The van der Waals surface area contributed by atoms with Gasteiger partial charge in [0.05, 0.1) is 12.0 Å². The number of carboxylic acid groups (broad SMARTS) is 1. The second-order valence-corrected chi connectivity index (χ2v) is 4.34. The highest BCUT2D eigenvalue weighted by Crippen LogP contribution is 2.35. The molecular weight excluding hydrogens is 218 g/mol. The molecule has 1 aliphatic rings. The highest BCUT2D eigenvalue weighted by Gasteiger charge is 2.38. The van der Waals surface area contributed by atoms with Gasteiger partial charge in [-0.3, -0.25) is 9.59 Å². The van der Waals surface area contributed by atoms with Crippen LogP contribution in [0.25, 0.3) is 0 Å². The molecule has 0 saturated carbocycles. The Balaban J connectivity index is 2.37. The average molecular weight is 233 g/mol. The molecule has 0 aromatic heterocycles. The second kappa shape index (κ2) is 4.57. The summed E-state index contributed by atoms with van der Waals surface area (Å²) in [5.41, 5.74) is 0.885. The number of rotatable bonds is 2. The van der Waals surface area contributed by atoms with Crippen LogP contribution in [0.15, 0.2) is 30.3 Å². The number of likely N-dealkylation sites (tertiary alicyclic amines) is 1. The quantitative estimate of drug-likeness (QED) is 0.845. The van der Waals surface area contributed by atoms with Crippen LogP contribution >= 0.6 is 0 Å². The molecule has 1 amide bonds. The first-order chi connectivity index (χ1) is 8.11. The van der Waals surface area contributed by atoms with E-state index in [2.05, 4.69) is 0 Å². The van der Waals surface area contributed by atoms with E-state index in [1.165, 1.54) is 0 Å². The van der Waals surface area contributed by atoms with Crippen LogP contribution in [0.5, 0.6) is 0 Å². The van der Waals surface area contributed by atoms with Crippen molar-refractivity contribution >= 4 is 11.9 Å². The molecular formula is C13H15NO3. The Morgan fingerprint density at radius 3 is 2.59 bits per heavy atom. The van der Waals surface area contributed by atoms with Gasteiger partial charge in [0.15, 0.2) is 0 Å². The minimum absolute atomic E-state index is 0.0105. The minimum Gasteiger partial charge on any atom is -0.481 e. The van der Waals surface area contributed by atoms with Crippen molar-refractivity contribution in [3.63, 3.8) is 0 Å². The zero-order valence-electron chi connectivity index (χ0n) is 9.67. The summed E-state index contributed by atoms with van der Waals surface area (Å²) in [7, 11) is 1.68. The van der Waals surface area contributed by atoms with Crippen molar-refractivity contribution in [2.45, 2.75) is 18.9 Å². The Hall–Kier alpha value is -1.84. The predicted molar refractivity (Wildman–Crippen MR) is 62.3 cm³/mol. The van der Waals surface area contributed by atoms with Crippen LogP contribution in [0.2, 0.25) is 0 Å². The van der Waals surface area contributed by atoms with E-state index in [4.69, 9.17) is 0 Å². The van der Waals surface area contributed by atoms with Crippen LogP contribution < -0.4 is 0 Å². The lowest BCUT2D eigenvalue weighted by atomic mass is 9.85. The number of carbonyl (C=O) groups excluding carboxylic acids is 1. The molecule has 2 atom stereocenters. The number of benzene rings is 1. The lowest BCUT2D eigenvalue weighted by Gasteiger charge is -2.37. The second-order valence-electron chi connectivity index (χ2n) is 4.34. The number of carboxylic acids is 1. The van der Waals surface area contributed by atoms with Crippen LogP contribution in [-0.2, 0) is 9.59 Å². The van der Waals surface area contributed by atoms with Crippen molar-refractivity contribution in [1.29, 1.82) is 0 Å². The van der Waals surface area contributed by atoms with Gasteiger partial charge >= 0.3 is 5.97 Å². The van der Waals surface area contributed by atoms with Gasteiger partial charge in [-0.25, -0.2) is 0 Å². The monoisotopic (exact) mass is 233 g/mol. The van der Waals surface area contributed by atoms with E-state index in [1.807, 2.05) is 30.3 Å². The summed E-state index contributed by atoms with van der Waals surface area (Å²) in [5.74, 6) is -1.34. The molecule has 2 rings (SSSR count). The van der Waals surface area contributed by atoms with E-state index in [9.17, 15) is 14.7 Å². The fraction of sp³-hybridized carbons (Fsp3) is 0.385. The van der Waals surface area contributed by atoms with Gasteiger partial charge < -0.3 is 10.0 Å². The lowest BCUT2D eigenvalue weighted by Crippen LogP contribution is -2.42. The molecule has 0 spiro atoms. The molecule has 4 heteroatoms. The Labute approximate surface area is 99.9 Å². The number of carbonyl (C=O) groups is 2. The molecule has 1 aromatic carbocycles. The molecule has 1 aromatic rings. The first-order valence-corrected chi connectivity index (χ1v) is 5.64. The zero-order chi connectivity index (χ0) is 12.4. The SMILES string of the molecule is CN1C(=O)CC[C@H](C(=O)O)[C@@H]1c1ccccc1. The highest BCUT2D eigenvalue weighted by atomic mass is 16.4. The summed E-state index contributed by atoms with van der Waals surface area (Å²) in [5, 5.41) is 9.24. The molecule has 1 saturated heterocycles. The summed E-state index contributed by atoms with van der Waals surface area (Å²) >= 11 is 0. The lowest BCUT2D eigenvalue weighted by molar-refractivity contribution is -0.150. The van der Waals surface area contributed by atoms with E-state index in [0.717, 1.165) is 5.56 Å². The summed E-state index contributed by atoms with van der Waals surface area (Å²) in [6.07, 6.45) is 0.731. The molecule has 4 nitrogen and oxygen atoms in total. The number of hydrogen-bond donors (Lipinski definition) is 1. The number of amides is 1. The third kappa shape index (κ3) is 2.16. The fourth-order valence-corrected chi connectivity index (χ4v) is 2.40. The standard InChI is InChI=1S/C13H15NO3/c1-14-11(15)8-7-10(13(16)17)12(14)9-5-3-2-4-6-9/h2-6,10,12H,7-8H2,1H3,(H,16,17)/t10-,12-/m0/s1. The highest BCUT2D eigenvalue weighted by molar-refractivity contribution is 5.81. The van der Waals surface area contributed by atoms with Gasteiger partial charge in [-0.2, -0.15) is 0 Å². The Bertz CT molecular complexity index is 430. The van der Waals surface area contributed by atoms with Crippen molar-refractivity contribution in [2.75, 3.05) is 7.05 Å². The molecule has 1 aliphatic heterocycles. The maximum atomic E-state index is 11.7. The molecule has 0 aliphatic carbocycles. The van der Waals surface area contributed by atoms with Gasteiger partial charge in [0.25, 0.3) is 0 Å². The summed E-state index contributed by atoms with van der Waals surface area (Å²) in [6.45, 7) is 0. The van der Waals surface area contributed by atoms with E-state index in [1.54, 1.807) is 11.9 Å². The number of piperidine rings is 1. The van der Waals surface area contributed by atoms with Crippen LogP contribution in [-0.4, -0.2) is 28.9 Å². The molecule has 0 unspecified atom stereocenters. The molecule has 90 valence electrons. The van der Waals surface area contributed by atoms with Crippen molar-refractivity contribution in [3.05, 3.63) is 35.9 Å². The third-order valence-electron chi connectivity index (χ3n) is 3.32. The molecule has 0 bridgehead atoms. The van der Waals surface area contributed by atoms with Crippen molar-refractivity contribution in [2.24, 2.45) is 5.92 Å². The van der Waals surface area contributed by atoms with Crippen LogP contribution in [0.4, 0.5) is 0 Å². The van der Waals surface area contributed by atoms with Crippen molar-refractivity contribution in [3.8, 4) is 0 Å². The van der Waals surface area contributed by atoms with Gasteiger partial charge in [0.2, 0.25) is 5.91 Å². The van der Waals surface area contributed by atoms with Crippen LogP contribution in [0.1, 0.15) is 24.4 Å². The molecule has 1 N–H and O–H groups in total. The smallest absolute Gasteiger partial charge is 0.308 e. The average Bonchev–Trinajstić information content (AvgIpc) is 2.33. The van der Waals surface area contributed by atoms with Crippen molar-refractivity contribution < 1.29 is 14.7 Å². The van der Waals surface area contributed by atoms with E-state index in [-0.39, 0.29) is 11.9 Å². The molecule has 1 fully saturated rings. The van der Waals surface area contributed by atoms with E-state index in [0.29, 0.717) is 12.8 Å². The molecule has 0 radical (unpaired) electrons. The maximum absolute atomic E-state index is 11.7. The summed E-state index contributed by atoms with van der Waals surface area (Å²) in [4.78, 5) is 24.5. The van der Waals surface area contributed by atoms with Gasteiger partial charge in [0.1, 0.15) is 0 Å². The van der Waals surface area contributed by atoms with Crippen molar-refractivity contribution in [1.82, 2.24) is 4.90 Å². The number of nitrogens with zero attached hydrogens (tertiary/aromatic N) is 1. The fourth-order valence-electron chi connectivity index (χ4n) is 2.40. The van der Waals surface area contributed by atoms with Gasteiger partial charge in [0, 0.05) is 13.5 Å². The van der Waals surface area contributed by atoms with E-state index >= 15 is 0 Å². The Kier molecular flexibility index (Phi) is 3.13. The Morgan fingerprint density at radius 2 is 2.00 bits per heavy atom. The first kappa shape index (κ1) is 11.6. The zero-order valence-corrected chi connectivity index (χ0v) is 9.67. The first-order valence-electron chi connectivity index (χ1n) is 5.64. The molecule has 1 heterocycles. The Morgan fingerprint density at radius 1 is 1.35 bits per heavy atom. The van der Waals surface area contributed by atoms with Crippen LogP contribution in [0.3, 0.4) is 0 Å². The predicted octanol–water partition coefficient (Wildman–Crippen LogP) is 1.68. The largest absolute Gasteiger partial charge is 0.481 e. The summed E-state index contributed by atoms with van der Waals surface area (Å²) < 4.78 is 0. The minimum atomic E-state index is -0.835. The van der Waals surface area contributed by atoms with E-state index < -0.39 is 11.9 Å². The topological polar surface area (TPSA) is 57.6 Å². The van der Waals surface area contributed by atoms with Gasteiger partial charge in [-0.15, -0.1) is 0 Å².